The molecule has 3 aromatic rings. The fraction of sp³-hybridized carbons (Fsp3) is 0.310. The van der Waals surface area contributed by atoms with Crippen molar-refractivity contribution in [3.05, 3.63) is 108 Å². The smallest absolute Gasteiger partial charge is 0.261 e. The zero-order valence-electron chi connectivity index (χ0n) is 19.6. The van der Waals surface area contributed by atoms with Gasteiger partial charge in [0, 0.05) is 19.6 Å². The van der Waals surface area contributed by atoms with Gasteiger partial charge in [0.05, 0.1) is 6.61 Å². The summed E-state index contributed by atoms with van der Waals surface area (Å²) in [6, 6.07) is 32.6. The Balaban J connectivity index is 1.55. The summed E-state index contributed by atoms with van der Waals surface area (Å²) in [6.45, 7) is 10.8. The first kappa shape index (κ1) is 22.7. The van der Waals surface area contributed by atoms with Crippen molar-refractivity contribution >= 4 is 18.7 Å². The van der Waals surface area contributed by atoms with Crippen LogP contribution in [0.3, 0.4) is 0 Å². The van der Waals surface area contributed by atoms with E-state index in [1.54, 1.807) is 0 Å². The molecule has 0 N–H and O–H groups in total. The van der Waals surface area contributed by atoms with Crippen LogP contribution < -0.4 is 10.4 Å². The highest BCUT2D eigenvalue weighted by molar-refractivity contribution is 6.99. The van der Waals surface area contributed by atoms with Gasteiger partial charge in [0.15, 0.2) is 0 Å². The Morgan fingerprint density at radius 1 is 0.781 bits per heavy atom. The van der Waals surface area contributed by atoms with Gasteiger partial charge in [-0.3, -0.25) is 4.90 Å². The predicted octanol–water partition coefficient (Wildman–Crippen LogP) is 5.40. The molecule has 2 nitrogen and oxygen atoms in total. The normalized spacial score (nSPS) is 15.4. The van der Waals surface area contributed by atoms with Gasteiger partial charge in [0.2, 0.25) is 0 Å². The molecule has 1 aliphatic rings. The van der Waals surface area contributed by atoms with Crippen molar-refractivity contribution in [2.24, 2.45) is 0 Å². The second-order valence-corrected chi connectivity index (χ2v) is 14.1. The highest BCUT2D eigenvalue weighted by atomic mass is 28.4. The summed E-state index contributed by atoms with van der Waals surface area (Å²) in [4.78, 5) is 2.52. The SMILES string of the molecule is CC(C)(C)[Si](OCC1=CCN(Cc2ccccc2)CC1)(c1ccccc1)c1ccccc1. The third-order valence-electron chi connectivity index (χ3n) is 6.53. The molecule has 0 atom stereocenters. The van der Waals surface area contributed by atoms with E-state index < -0.39 is 8.32 Å². The molecule has 0 spiro atoms. The molecule has 4 rings (SSSR count). The van der Waals surface area contributed by atoms with E-state index in [1.165, 1.54) is 21.5 Å². The van der Waals surface area contributed by atoms with Gasteiger partial charge in [0.25, 0.3) is 8.32 Å². The van der Waals surface area contributed by atoms with Crippen LogP contribution in [-0.4, -0.2) is 32.9 Å². The Labute approximate surface area is 194 Å². The minimum Gasteiger partial charge on any atom is -0.403 e. The van der Waals surface area contributed by atoms with Gasteiger partial charge in [-0.25, -0.2) is 0 Å². The lowest BCUT2D eigenvalue weighted by molar-refractivity contribution is 0.266. The van der Waals surface area contributed by atoms with Gasteiger partial charge in [-0.15, -0.1) is 0 Å². The molecular weight excluding hydrogens is 406 g/mol. The summed E-state index contributed by atoms with van der Waals surface area (Å²) >= 11 is 0. The molecule has 166 valence electrons. The van der Waals surface area contributed by atoms with Crippen LogP contribution in [0.2, 0.25) is 5.04 Å². The molecule has 0 amide bonds. The van der Waals surface area contributed by atoms with Gasteiger partial charge in [-0.1, -0.05) is 118 Å². The lowest BCUT2D eigenvalue weighted by Gasteiger charge is -2.43. The monoisotopic (exact) mass is 441 g/mol. The van der Waals surface area contributed by atoms with Gasteiger partial charge in [0.1, 0.15) is 0 Å². The highest BCUT2D eigenvalue weighted by Crippen LogP contribution is 2.37. The van der Waals surface area contributed by atoms with E-state index in [2.05, 4.69) is 123 Å². The van der Waals surface area contributed by atoms with E-state index >= 15 is 0 Å². The van der Waals surface area contributed by atoms with Crippen LogP contribution in [0.25, 0.3) is 0 Å². The Morgan fingerprint density at radius 2 is 1.31 bits per heavy atom. The molecule has 0 bridgehead atoms. The molecule has 3 aromatic carbocycles. The molecule has 1 heterocycles. The van der Waals surface area contributed by atoms with Crippen molar-refractivity contribution in [1.29, 1.82) is 0 Å². The Morgan fingerprint density at radius 3 is 1.78 bits per heavy atom. The average molecular weight is 442 g/mol. The van der Waals surface area contributed by atoms with Crippen molar-refractivity contribution < 1.29 is 4.43 Å². The summed E-state index contributed by atoms with van der Waals surface area (Å²) in [5.41, 5.74) is 2.82. The minimum absolute atomic E-state index is 0.0181. The maximum atomic E-state index is 7.11. The van der Waals surface area contributed by atoms with E-state index in [0.717, 1.165) is 26.1 Å². The third kappa shape index (κ3) is 4.96. The predicted molar refractivity (Wildman–Crippen MR) is 138 cm³/mol. The van der Waals surface area contributed by atoms with Gasteiger partial charge in [-0.2, -0.15) is 0 Å². The third-order valence-corrected chi connectivity index (χ3v) is 11.5. The van der Waals surface area contributed by atoms with Gasteiger partial charge in [-0.05, 0) is 33.0 Å². The Hall–Kier alpha value is -2.46. The molecular formula is C29H35NOSi. The van der Waals surface area contributed by atoms with Crippen molar-refractivity contribution in [1.82, 2.24) is 4.90 Å². The highest BCUT2D eigenvalue weighted by Gasteiger charge is 2.50. The van der Waals surface area contributed by atoms with E-state index in [4.69, 9.17) is 4.43 Å². The molecule has 0 radical (unpaired) electrons. The van der Waals surface area contributed by atoms with E-state index in [9.17, 15) is 0 Å². The number of hydrogen-bond acceptors (Lipinski definition) is 2. The van der Waals surface area contributed by atoms with Crippen LogP contribution in [0.5, 0.6) is 0 Å². The summed E-state index contributed by atoms with van der Waals surface area (Å²) in [5.74, 6) is 0. The first-order chi connectivity index (χ1) is 15.5. The molecule has 0 aliphatic carbocycles. The van der Waals surface area contributed by atoms with E-state index in [0.29, 0.717) is 6.61 Å². The minimum atomic E-state index is -2.47. The standard InChI is InChI=1S/C29H35NOSi/c1-29(2,3)32(27-15-9-5-10-16-27,28-17-11-6-12-18-28)31-24-26-19-21-30(22-20-26)23-25-13-7-4-8-14-25/h4-19H,20-24H2,1-3H3. The summed E-state index contributed by atoms with van der Waals surface area (Å²) in [7, 11) is -2.47. The molecule has 0 aromatic heterocycles. The van der Waals surface area contributed by atoms with Crippen LogP contribution in [0, 0.1) is 0 Å². The van der Waals surface area contributed by atoms with Crippen LogP contribution in [0.4, 0.5) is 0 Å². The van der Waals surface area contributed by atoms with Crippen LogP contribution in [-0.2, 0) is 11.0 Å². The number of hydrogen-bond donors (Lipinski definition) is 0. The molecule has 3 heteroatoms. The molecule has 0 saturated carbocycles. The van der Waals surface area contributed by atoms with Crippen molar-refractivity contribution in [2.45, 2.75) is 38.8 Å². The Kier molecular flexibility index (Phi) is 7.09. The van der Waals surface area contributed by atoms with E-state index in [1.807, 2.05) is 0 Å². The molecule has 0 unspecified atom stereocenters. The fourth-order valence-electron chi connectivity index (χ4n) is 4.83. The van der Waals surface area contributed by atoms with Crippen molar-refractivity contribution in [3.63, 3.8) is 0 Å². The average Bonchev–Trinajstić information content (AvgIpc) is 2.82. The van der Waals surface area contributed by atoms with Gasteiger partial charge < -0.3 is 4.43 Å². The first-order valence-electron chi connectivity index (χ1n) is 11.7. The van der Waals surface area contributed by atoms with Crippen molar-refractivity contribution in [3.8, 4) is 0 Å². The van der Waals surface area contributed by atoms with Crippen LogP contribution in [0.15, 0.2) is 103 Å². The van der Waals surface area contributed by atoms with Crippen LogP contribution >= 0.6 is 0 Å². The summed E-state index contributed by atoms with van der Waals surface area (Å²) in [6.07, 6.45) is 3.47. The van der Waals surface area contributed by atoms with Crippen LogP contribution in [0.1, 0.15) is 32.8 Å². The molecule has 0 saturated heterocycles. The second kappa shape index (κ2) is 9.99. The lowest BCUT2D eigenvalue weighted by Crippen LogP contribution is -2.66. The summed E-state index contributed by atoms with van der Waals surface area (Å²) in [5, 5.41) is 2.71. The zero-order chi connectivity index (χ0) is 22.4. The number of nitrogens with zero attached hydrogens (tertiary/aromatic N) is 1. The Bertz CT molecular complexity index is 970. The second-order valence-electron chi connectivity index (χ2n) is 9.78. The molecule has 1 aliphatic heterocycles. The zero-order valence-corrected chi connectivity index (χ0v) is 20.6. The molecule has 0 fully saturated rings. The maximum absolute atomic E-state index is 7.11. The van der Waals surface area contributed by atoms with Gasteiger partial charge >= 0.3 is 0 Å². The fourth-order valence-corrected chi connectivity index (χ4v) is 9.39. The largest absolute Gasteiger partial charge is 0.403 e. The quantitative estimate of drug-likeness (QED) is 0.360. The number of benzene rings is 3. The van der Waals surface area contributed by atoms with Crippen molar-refractivity contribution in [2.75, 3.05) is 19.7 Å². The topological polar surface area (TPSA) is 12.5 Å². The number of rotatable bonds is 7. The molecule has 32 heavy (non-hydrogen) atoms. The lowest BCUT2D eigenvalue weighted by atomic mass is 10.1. The van der Waals surface area contributed by atoms with E-state index in [-0.39, 0.29) is 5.04 Å². The first-order valence-corrected chi connectivity index (χ1v) is 13.6. The summed E-state index contributed by atoms with van der Waals surface area (Å²) < 4.78 is 7.11. The maximum Gasteiger partial charge on any atom is 0.261 e.